The van der Waals surface area contributed by atoms with Crippen LogP contribution in [0.5, 0.6) is 11.5 Å². The Bertz CT molecular complexity index is 1230. The van der Waals surface area contributed by atoms with Gasteiger partial charge in [-0.2, -0.15) is 0 Å². The second kappa shape index (κ2) is 9.25. The maximum Gasteiger partial charge on any atom is 0.261 e. The minimum absolute atomic E-state index is 0.100. The first-order valence-electron chi connectivity index (χ1n) is 9.94. The van der Waals surface area contributed by atoms with Crippen molar-refractivity contribution in [3.8, 4) is 11.5 Å². The van der Waals surface area contributed by atoms with E-state index < -0.39 is 11.8 Å². The molecule has 170 valence electrons. The number of methoxy groups -OCH3 is 1. The molecule has 0 atom stereocenters. The lowest BCUT2D eigenvalue weighted by molar-refractivity contribution is -0.119. The minimum Gasteiger partial charge on any atom is -0.493 e. The summed E-state index contributed by atoms with van der Waals surface area (Å²) in [5.41, 5.74) is 8.12. The number of primary amides is 1. The van der Waals surface area contributed by atoms with Crippen LogP contribution in [0, 0.1) is 0 Å². The van der Waals surface area contributed by atoms with E-state index in [1.54, 1.807) is 23.1 Å². The Labute approximate surface area is 194 Å². The molecule has 0 fully saturated rings. The standard InChI is InChI=1S/C23H20ClN3O6/c1-31-19-10-15(9-17(24)21(19)33-12-20(25)28)22(29)26-16-2-3-18-13(8-16)4-6-27(18)23(30)14-5-7-32-11-14/h2-3,5,7-11H,4,6,12H2,1H3,(H2,25,28)(H,26,29). The zero-order valence-corrected chi connectivity index (χ0v) is 18.3. The molecular weight excluding hydrogens is 450 g/mol. The molecule has 3 N–H and O–H groups in total. The first kappa shape index (κ1) is 22.2. The van der Waals surface area contributed by atoms with Crippen molar-refractivity contribution < 1.29 is 28.3 Å². The predicted octanol–water partition coefficient (Wildman–Crippen LogP) is 3.26. The Kier molecular flexibility index (Phi) is 6.23. The number of anilines is 2. The van der Waals surface area contributed by atoms with Gasteiger partial charge in [-0.25, -0.2) is 0 Å². The Morgan fingerprint density at radius 3 is 2.70 bits per heavy atom. The third-order valence-electron chi connectivity index (χ3n) is 5.10. The second-order valence-electron chi connectivity index (χ2n) is 7.26. The largest absolute Gasteiger partial charge is 0.493 e. The molecule has 2 heterocycles. The van der Waals surface area contributed by atoms with Gasteiger partial charge in [-0.3, -0.25) is 14.4 Å². The molecule has 0 spiro atoms. The van der Waals surface area contributed by atoms with Crippen molar-refractivity contribution in [3.05, 3.63) is 70.6 Å². The molecule has 1 aliphatic heterocycles. The van der Waals surface area contributed by atoms with E-state index in [4.69, 9.17) is 31.2 Å². The Morgan fingerprint density at radius 1 is 1.18 bits per heavy atom. The Morgan fingerprint density at radius 2 is 2.00 bits per heavy atom. The zero-order valence-electron chi connectivity index (χ0n) is 17.6. The summed E-state index contributed by atoms with van der Waals surface area (Å²) in [6.45, 7) is 0.160. The summed E-state index contributed by atoms with van der Waals surface area (Å²) in [6, 6.07) is 9.84. The second-order valence-corrected chi connectivity index (χ2v) is 7.67. The number of amides is 3. The fourth-order valence-electron chi connectivity index (χ4n) is 3.57. The quantitative estimate of drug-likeness (QED) is 0.547. The van der Waals surface area contributed by atoms with Crippen molar-refractivity contribution in [3.63, 3.8) is 0 Å². The summed E-state index contributed by atoms with van der Waals surface area (Å²) < 4.78 is 15.5. The van der Waals surface area contributed by atoms with E-state index in [1.807, 2.05) is 6.07 Å². The summed E-state index contributed by atoms with van der Waals surface area (Å²) in [6.07, 6.45) is 3.53. The topological polar surface area (TPSA) is 124 Å². The number of hydrogen-bond donors (Lipinski definition) is 2. The molecule has 0 saturated heterocycles. The van der Waals surface area contributed by atoms with Gasteiger partial charge >= 0.3 is 0 Å². The minimum atomic E-state index is -0.670. The van der Waals surface area contributed by atoms with Gasteiger partial charge in [0.25, 0.3) is 17.7 Å². The molecule has 4 rings (SSSR count). The number of rotatable bonds is 7. The van der Waals surface area contributed by atoms with Gasteiger partial charge in [-0.15, -0.1) is 0 Å². The normalized spacial score (nSPS) is 12.2. The highest BCUT2D eigenvalue weighted by Gasteiger charge is 2.26. The van der Waals surface area contributed by atoms with Gasteiger partial charge in [0.05, 0.1) is 24.0 Å². The predicted molar refractivity (Wildman–Crippen MR) is 121 cm³/mol. The van der Waals surface area contributed by atoms with Crippen LogP contribution in [-0.2, 0) is 11.2 Å². The van der Waals surface area contributed by atoms with Crippen LogP contribution in [0.2, 0.25) is 5.02 Å². The zero-order chi connectivity index (χ0) is 23.5. The molecule has 33 heavy (non-hydrogen) atoms. The number of benzene rings is 2. The average Bonchev–Trinajstić information content (AvgIpc) is 3.47. The van der Waals surface area contributed by atoms with Crippen LogP contribution in [0.3, 0.4) is 0 Å². The van der Waals surface area contributed by atoms with Crippen LogP contribution in [0.1, 0.15) is 26.3 Å². The van der Waals surface area contributed by atoms with Crippen LogP contribution in [0.25, 0.3) is 0 Å². The summed E-state index contributed by atoms with van der Waals surface area (Å²) in [4.78, 5) is 38.1. The molecule has 3 amide bonds. The number of nitrogens with zero attached hydrogens (tertiary/aromatic N) is 1. The van der Waals surface area contributed by atoms with E-state index >= 15 is 0 Å². The average molecular weight is 470 g/mol. The van der Waals surface area contributed by atoms with E-state index in [-0.39, 0.29) is 34.6 Å². The van der Waals surface area contributed by atoms with Crippen molar-refractivity contribution in [2.45, 2.75) is 6.42 Å². The SMILES string of the molecule is COc1cc(C(=O)Nc2ccc3c(c2)CCN3C(=O)c2ccoc2)cc(Cl)c1OCC(N)=O. The first-order chi connectivity index (χ1) is 15.9. The highest BCUT2D eigenvalue weighted by Crippen LogP contribution is 2.37. The van der Waals surface area contributed by atoms with Gasteiger partial charge in [0.2, 0.25) is 0 Å². The lowest BCUT2D eigenvalue weighted by Crippen LogP contribution is -2.28. The monoisotopic (exact) mass is 469 g/mol. The van der Waals surface area contributed by atoms with Crippen molar-refractivity contribution in [2.24, 2.45) is 5.73 Å². The third kappa shape index (κ3) is 4.63. The molecule has 1 aliphatic rings. The molecule has 1 aromatic heterocycles. The van der Waals surface area contributed by atoms with E-state index in [0.29, 0.717) is 24.2 Å². The molecule has 0 saturated carbocycles. The van der Waals surface area contributed by atoms with Gasteiger partial charge in [-0.05, 0) is 48.4 Å². The van der Waals surface area contributed by atoms with E-state index in [0.717, 1.165) is 11.3 Å². The maximum atomic E-state index is 12.8. The van der Waals surface area contributed by atoms with Crippen LogP contribution in [0.15, 0.2) is 53.3 Å². The van der Waals surface area contributed by atoms with Crippen molar-refractivity contribution >= 4 is 40.7 Å². The van der Waals surface area contributed by atoms with Crippen LogP contribution >= 0.6 is 11.6 Å². The number of nitrogens with one attached hydrogen (secondary N) is 1. The Hall–Kier alpha value is -3.98. The number of nitrogens with two attached hydrogens (primary N) is 1. The van der Waals surface area contributed by atoms with E-state index in [2.05, 4.69) is 5.32 Å². The fourth-order valence-corrected chi connectivity index (χ4v) is 3.84. The molecule has 9 nitrogen and oxygen atoms in total. The number of fused-ring (bicyclic) bond motifs is 1. The summed E-state index contributed by atoms with van der Waals surface area (Å²) >= 11 is 6.23. The lowest BCUT2D eigenvalue weighted by Gasteiger charge is -2.17. The summed E-state index contributed by atoms with van der Waals surface area (Å²) in [7, 11) is 1.39. The van der Waals surface area contributed by atoms with E-state index in [9.17, 15) is 14.4 Å². The molecule has 10 heteroatoms. The number of ether oxygens (including phenoxy) is 2. The molecule has 0 unspecified atom stereocenters. The van der Waals surface area contributed by atoms with Crippen LogP contribution < -0.4 is 25.4 Å². The van der Waals surface area contributed by atoms with Gasteiger partial charge in [0.1, 0.15) is 6.26 Å². The van der Waals surface area contributed by atoms with Crippen molar-refractivity contribution in [2.75, 3.05) is 30.5 Å². The number of furan rings is 1. The fraction of sp³-hybridized carbons (Fsp3) is 0.174. The molecule has 0 radical (unpaired) electrons. The molecule has 0 aliphatic carbocycles. The highest BCUT2D eigenvalue weighted by molar-refractivity contribution is 6.32. The number of carbonyl (C=O) groups is 3. The first-order valence-corrected chi connectivity index (χ1v) is 10.3. The van der Waals surface area contributed by atoms with E-state index in [1.165, 1.54) is 31.8 Å². The Balaban J connectivity index is 1.51. The molecule has 3 aromatic rings. The summed E-state index contributed by atoms with van der Waals surface area (Å²) in [5.74, 6) is -0.914. The number of carbonyl (C=O) groups excluding carboxylic acids is 3. The van der Waals surface area contributed by atoms with Crippen LogP contribution in [0.4, 0.5) is 11.4 Å². The molecule has 0 bridgehead atoms. The number of halogens is 1. The maximum absolute atomic E-state index is 12.8. The van der Waals surface area contributed by atoms with Crippen LogP contribution in [-0.4, -0.2) is 38.0 Å². The van der Waals surface area contributed by atoms with Gasteiger partial charge < -0.3 is 29.8 Å². The summed E-state index contributed by atoms with van der Waals surface area (Å²) in [5, 5.41) is 2.92. The molecule has 2 aromatic carbocycles. The lowest BCUT2D eigenvalue weighted by atomic mass is 10.1. The third-order valence-corrected chi connectivity index (χ3v) is 5.38. The van der Waals surface area contributed by atoms with Crippen molar-refractivity contribution in [1.29, 1.82) is 0 Å². The highest BCUT2D eigenvalue weighted by atomic mass is 35.5. The number of hydrogen-bond acceptors (Lipinski definition) is 6. The smallest absolute Gasteiger partial charge is 0.261 e. The van der Waals surface area contributed by atoms with Crippen molar-refractivity contribution in [1.82, 2.24) is 0 Å². The van der Waals surface area contributed by atoms with Gasteiger partial charge in [0.15, 0.2) is 18.1 Å². The van der Waals surface area contributed by atoms with Gasteiger partial charge in [-0.1, -0.05) is 11.6 Å². The molecular formula is C23H20ClN3O6. The van der Waals surface area contributed by atoms with Gasteiger partial charge in [0, 0.05) is 23.5 Å².